The van der Waals surface area contributed by atoms with E-state index >= 15 is 0 Å². The third kappa shape index (κ3) is 3.72. The van der Waals surface area contributed by atoms with Gasteiger partial charge in [-0.1, -0.05) is 12.2 Å². The summed E-state index contributed by atoms with van der Waals surface area (Å²) in [6, 6.07) is 4.72. The van der Waals surface area contributed by atoms with Crippen LogP contribution in [-0.2, 0) is 6.54 Å². The molecule has 1 aliphatic heterocycles. The van der Waals surface area contributed by atoms with Crippen molar-refractivity contribution in [3.63, 3.8) is 0 Å². The SMILES string of the molecule is CC1(O)CCN(Cc2cc(C(N)=S)ccc2F)CC1. The van der Waals surface area contributed by atoms with Gasteiger partial charge in [0, 0.05) is 30.8 Å². The fraction of sp³-hybridized carbons (Fsp3) is 0.500. The number of nitrogens with zero attached hydrogens (tertiary/aromatic N) is 1. The third-order valence-corrected chi connectivity index (χ3v) is 3.89. The number of likely N-dealkylation sites (tertiary alicyclic amines) is 1. The zero-order valence-corrected chi connectivity index (χ0v) is 11.8. The fourth-order valence-electron chi connectivity index (χ4n) is 2.28. The predicted molar refractivity (Wildman–Crippen MR) is 77.4 cm³/mol. The average molecular weight is 282 g/mol. The minimum Gasteiger partial charge on any atom is -0.390 e. The molecule has 0 unspecified atom stereocenters. The van der Waals surface area contributed by atoms with E-state index in [2.05, 4.69) is 4.90 Å². The maximum atomic E-state index is 13.8. The summed E-state index contributed by atoms with van der Waals surface area (Å²) >= 11 is 4.91. The van der Waals surface area contributed by atoms with Gasteiger partial charge in [-0.2, -0.15) is 0 Å². The number of nitrogens with two attached hydrogens (primary N) is 1. The molecule has 0 radical (unpaired) electrons. The quantitative estimate of drug-likeness (QED) is 0.830. The van der Waals surface area contributed by atoms with Crippen LogP contribution in [0.5, 0.6) is 0 Å². The molecule has 104 valence electrons. The van der Waals surface area contributed by atoms with Crippen LogP contribution in [0.2, 0.25) is 0 Å². The maximum absolute atomic E-state index is 13.8. The van der Waals surface area contributed by atoms with Gasteiger partial charge in [0.05, 0.1) is 5.60 Å². The van der Waals surface area contributed by atoms with Crippen LogP contribution in [0.4, 0.5) is 4.39 Å². The van der Waals surface area contributed by atoms with E-state index < -0.39 is 5.60 Å². The Morgan fingerprint density at radius 3 is 2.68 bits per heavy atom. The molecule has 0 atom stereocenters. The summed E-state index contributed by atoms with van der Waals surface area (Å²) in [6.45, 7) is 3.91. The van der Waals surface area contributed by atoms with Crippen molar-refractivity contribution < 1.29 is 9.50 Å². The number of piperidine rings is 1. The molecule has 1 saturated heterocycles. The number of rotatable bonds is 3. The van der Waals surface area contributed by atoms with Crippen LogP contribution in [0.1, 0.15) is 30.9 Å². The number of hydrogen-bond donors (Lipinski definition) is 2. The lowest BCUT2D eigenvalue weighted by Gasteiger charge is -2.35. The van der Waals surface area contributed by atoms with Gasteiger partial charge in [0.15, 0.2) is 0 Å². The van der Waals surface area contributed by atoms with E-state index in [0.29, 0.717) is 30.5 Å². The van der Waals surface area contributed by atoms with Crippen molar-refractivity contribution in [2.75, 3.05) is 13.1 Å². The summed E-state index contributed by atoms with van der Waals surface area (Å²) in [5.41, 5.74) is 6.27. The van der Waals surface area contributed by atoms with Crippen molar-refractivity contribution in [1.82, 2.24) is 4.90 Å². The summed E-state index contributed by atoms with van der Waals surface area (Å²) in [4.78, 5) is 2.42. The molecule has 19 heavy (non-hydrogen) atoms. The topological polar surface area (TPSA) is 49.5 Å². The highest BCUT2D eigenvalue weighted by Crippen LogP contribution is 2.23. The Morgan fingerprint density at radius 1 is 1.47 bits per heavy atom. The second-order valence-corrected chi connectivity index (χ2v) is 5.88. The minimum absolute atomic E-state index is 0.239. The third-order valence-electron chi connectivity index (χ3n) is 3.66. The Labute approximate surface area is 118 Å². The van der Waals surface area contributed by atoms with Gasteiger partial charge >= 0.3 is 0 Å². The summed E-state index contributed by atoms with van der Waals surface area (Å²) in [6.07, 6.45) is 1.42. The monoisotopic (exact) mass is 282 g/mol. The van der Waals surface area contributed by atoms with Gasteiger partial charge < -0.3 is 10.8 Å². The second-order valence-electron chi connectivity index (χ2n) is 5.44. The van der Waals surface area contributed by atoms with Gasteiger partial charge in [-0.25, -0.2) is 4.39 Å². The molecule has 1 fully saturated rings. The van der Waals surface area contributed by atoms with Crippen LogP contribution < -0.4 is 5.73 Å². The number of hydrogen-bond acceptors (Lipinski definition) is 3. The Balaban J connectivity index is 2.07. The second kappa shape index (κ2) is 5.53. The van der Waals surface area contributed by atoms with Gasteiger partial charge in [0.2, 0.25) is 0 Å². The van der Waals surface area contributed by atoms with E-state index in [1.807, 2.05) is 6.92 Å². The lowest BCUT2D eigenvalue weighted by molar-refractivity contribution is -0.00749. The van der Waals surface area contributed by atoms with Crippen molar-refractivity contribution >= 4 is 17.2 Å². The lowest BCUT2D eigenvalue weighted by Crippen LogP contribution is -2.42. The van der Waals surface area contributed by atoms with Gasteiger partial charge in [-0.15, -0.1) is 0 Å². The zero-order chi connectivity index (χ0) is 14.0. The average Bonchev–Trinajstić information content (AvgIpc) is 2.34. The Kier molecular flexibility index (Phi) is 4.18. The van der Waals surface area contributed by atoms with Crippen molar-refractivity contribution in [1.29, 1.82) is 0 Å². The summed E-state index contributed by atoms with van der Waals surface area (Å²) < 4.78 is 13.8. The molecule has 0 amide bonds. The maximum Gasteiger partial charge on any atom is 0.127 e. The molecular weight excluding hydrogens is 263 g/mol. The Morgan fingerprint density at radius 2 is 2.11 bits per heavy atom. The van der Waals surface area contributed by atoms with Crippen LogP contribution in [0.25, 0.3) is 0 Å². The van der Waals surface area contributed by atoms with Gasteiger partial charge in [0.1, 0.15) is 10.8 Å². The van der Waals surface area contributed by atoms with Crippen molar-refractivity contribution in [2.24, 2.45) is 5.73 Å². The van der Waals surface area contributed by atoms with E-state index in [-0.39, 0.29) is 10.8 Å². The molecule has 1 aliphatic rings. The van der Waals surface area contributed by atoms with Gasteiger partial charge in [0.25, 0.3) is 0 Å². The number of halogens is 1. The number of benzene rings is 1. The highest BCUT2D eigenvalue weighted by Gasteiger charge is 2.27. The first kappa shape index (κ1) is 14.4. The van der Waals surface area contributed by atoms with Crippen LogP contribution in [-0.4, -0.2) is 33.7 Å². The lowest BCUT2D eigenvalue weighted by atomic mass is 9.93. The first-order chi connectivity index (χ1) is 8.87. The fourth-order valence-corrected chi connectivity index (χ4v) is 2.41. The van der Waals surface area contributed by atoms with E-state index in [0.717, 1.165) is 13.1 Å². The molecular formula is C14H19FN2OS. The first-order valence-corrected chi connectivity index (χ1v) is 6.81. The summed E-state index contributed by atoms with van der Waals surface area (Å²) in [5, 5.41) is 9.90. The van der Waals surface area contributed by atoms with Crippen LogP contribution >= 0.6 is 12.2 Å². The van der Waals surface area contributed by atoms with E-state index in [1.54, 1.807) is 12.1 Å². The van der Waals surface area contributed by atoms with E-state index in [4.69, 9.17) is 18.0 Å². The molecule has 2 rings (SSSR count). The molecule has 0 aromatic heterocycles. The number of aliphatic hydroxyl groups is 1. The zero-order valence-electron chi connectivity index (χ0n) is 11.0. The summed E-state index contributed by atoms with van der Waals surface area (Å²) in [5.74, 6) is -0.239. The van der Waals surface area contributed by atoms with Crippen LogP contribution in [0.15, 0.2) is 18.2 Å². The highest BCUT2D eigenvalue weighted by atomic mass is 32.1. The number of thiocarbonyl (C=S) groups is 1. The minimum atomic E-state index is -0.588. The molecule has 0 aliphatic carbocycles. The predicted octanol–water partition coefficient (Wildman–Crippen LogP) is 1.81. The van der Waals surface area contributed by atoms with Crippen molar-refractivity contribution in [3.05, 3.63) is 35.1 Å². The van der Waals surface area contributed by atoms with Gasteiger partial charge in [-0.05, 0) is 38.0 Å². The van der Waals surface area contributed by atoms with E-state index in [1.165, 1.54) is 6.07 Å². The largest absolute Gasteiger partial charge is 0.390 e. The molecule has 3 nitrogen and oxygen atoms in total. The van der Waals surface area contributed by atoms with Crippen molar-refractivity contribution in [2.45, 2.75) is 31.9 Å². The molecule has 1 aromatic rings. The van der Waals surface area contributed by atoms with Crippen LogP contribution in [0.3, 0.4) is 0 Å². The molecule has 1 aromatic carbocycles. The standard InChI is InChI=1S/C14H19FN2OS/c1-14(18)4-6-17(7-5-14)9-11-8-10(13(16)19)2-3-12(11)15/h2-3,8,18H,4-7,9H2,1H3,(H2,16,19). The molecule has 0 bridgehead atoms. The highest BCUT2D eigenvalue weighted by molar-refractivity contribution is 7.80. The smallest absolute Gasteiger partial charge is 0.127 e. The molecule has 5 heteroatoms. The van der Waals surface area contributed by atoms with Gasteiger partial charge in [-0.3, -0.25) is 4.90 Å². The molecule has 0 saturated carbocycles. The molecule has 0 spiro atoms. The van der Waals surface area contributed by atoms with E-state index in [9.17, 15) is 9.50 Å². The molecule has 1 heterocycles. The molecule has 3 N–H and O–H groups in total. The Bertz CT molecular complexity index is 480. The Hall–Kier alpha value is -1.04. The normalized spacial score (nSPS) is 19.3. The summed E-state index contributed by atoms with van der Waals surface area (Å²) in [7, 11) is 0. The van der Waals surface area contributed by atoms with Crippen LogP contribution in [0, 0.1) is 5.82 Å². The first-order valence-electron chi connectivity index (χ1n) is 6.40. The van der Waals surface area contributed by atoms with Crippen molar-refractivity contribution in [3.8, 4) is 0 Å².